The van der Waals surface area contributed by atoms with Gasteiger partial charge in [-0.25, -0.2) is 0 Å². The Labute approximate surface area is 333 Å². The van der Waals surface area contributed by atoms with Gasteiger partial charge < -0.3 is 9.47 Å². The van der Waals surface area contributed by atoms with Crippen molar-refractivity contribution in [2.45, 2.75) is 52.4 Å². The third-order valence-corrected chi connectivity index (χ3v) is 12.6. The van der Waals surface area contributed by atoms with Crippen molar-refractivity contribution in [2.24, 2.45) is 0 Å². The highest BCUT2D eigenvalue weighted by Crippen LogP contribution is 2.52. The third kappa shape index (κ3) is 5.16. The van der Waals surface area contributed by atoms with Crippen LogP contribution in [-0.4, -0.2) is 4.57 Å². The molecule has 2 heteroatoms. The van der Waals surface area contributed by atoms with E-state index in [2.05, 4.69) is 184 Å². The number of anilines is 3. The van der Waals surface area contributed by atoms with Gasteiger partial charge in [0.1, 0.15) is 0 Å². The summed E-state index contributed by atoms with van der Waals surface area (Å²) in [4.78, 5) is 2.28. The zero-order valence-corrected chi connectivity index (χ0v) is 32.9. The van der Waals surface area contributed by atoms with Crippen molar-refractivity contribution in [1.82, 2.24) is 4.57 Å². The lowest BCUT2D eigenvalue weighted by Crippen LogP contribution is -2.16. The van der Waals surface area contributed by atoms with Crippen molar-refractivity contribution in [3.05, 3.63) is 202 Å². The molecule has 0 saturated carbocycles. The van der Waals surface area contributed by atoms with E-state index in [9.17, 15) is 2.74 Å². The van der Waals surface area contributed by atoms with Crippen LogP contribution in [0.2, 0.25) is 0 Å². The zero-order chi connectivity index (χ0) is 40.1. The molecule has 56 heavy (non-hydrogen) atoms. The monoisotopic (exact) mass is 724 g/mol. The van der Waals surface area contributed by atoms with Gasteiger partial charge >= 0.3 is 0 Å². The lowest BCUT2D eigenvalue weighted by Gasteiger charge is -2.28. The summed E-state index contributed by atoms with van der Waals surface area (Å²) in [5, 5.41) is 1.27. The molecule has 0 fully saturated rings. The number of benzene rings is 7. The summed E-state index contributed by atoms with van der Waals surface area (Å²) >= 11 is 0. The van der Waals surface area contributed by atoms with Crippen molar-refractivity contribution in [2.75, 3.05) is 4.90 Å². The van der Waals surface area contributed by atoms with E-state index in [4.69, 9.17) is 0 Å². The summed E-state index contributed by atoms with van der Waals surface area (Å²) in [5.74, 6) is 0. The van der Waals surface area contributed by atoms with Gasteiger partial charge in [0.2, 0.25) is 0 Å². The molecule has 0 saturated heterocycles. The van der Waals surface area contributed by atoms with Crippen molar-refractivity contribution < 1.29 is 2.74 Å². The maximum Gasteiger partial charge on any atom is 0.0629 e. The Kier molecular flexibility index (Phi) is 7.17. The molecule has 0 amide bonds. The van der Waals surface area contributed by atoms with Crippen LogP contribution in [0, 0.1) is 13.8 Å². The second kappa shape index (κ2) is 12.6. The van der Waals surface area contributed by atoms with Gasteiger partial charge in [0, 0.05) is 44.7 Å². The smallest absolute Gasteiger partial charge is 0.0629 e. The van der Waals surface area contributed by atoms with Crippen LogP contribution in [0.15, 0.2) is 158 Å². The molecule has 2 aliphatic carbocycles. The molecule has 272 valence electrons. The van der Waals surface area contributed by atoms with E-state index in [0.717, 1.165) is 22.6 Å². The van der Waals surface area contributed by atoms with E-state index < -0.39 is 0 Å². The molecular weight excluding hydrogens is 677 g/mol. The SMILES string of the molecule is [2H]/C(=C(/[2H])c1ccc2c(c1)C(C)(C)c1cc3c(cc1-2)c(C)c(C)n3-c1ccccc1)c1ccc(N(c2ccccc2)c2ccc3c(c2)C(C)(C)c2ccccc2-3)cc1. The summed E-state index contributed by atoms with van der Waals surface area (Å²) in [6.45, 7) is 13.6. The summed E-state index contributed by atoms with van der Waals surface area (Å²) in [6, 6.07) is 56.3. The highest BCUT2D eigenvalue weighted by Gasteiger charge is 2.37. The number of hydrogen-bond donors (Lipinski definition) is 0. The summed E-state index contributed by atoms with van der Waals surface area (Å²) in [6.07, 6.45) is 0. The lowest BCUT2D eigenvalue weighted by molar-refractivity contribution is 0.660. The van der Waals surface area contributed by atoms with Crippen LogP contribution < -0.4 is 4.90 Å². The fraction of sp³-hybridized carbons (Fsp3) is 0.148. The topological polar surface area (TPSA) is 8.17 Å². The van der Waals surface area contributed by atoms with Gasteiger partial charge in [0.25, 0.3) is 0 Å². The van der Waals surface area contributed by atoms with Crippen LogP contribution in [0.3, 0.4) is 0 Å². The number of aromatic nitrogens is 1. The van der Waals surface area contributed by atoms with Crippen LogP contribution in [-0.2, 0) is 10.8 Å². The molecule has 0 aliphatic heterocycles. The molecule has 1 aromatic heterocycles. The van der Waals surface area contributed by atoms with Crippen molar-refractivity contribution in [1.29, 1.82) is 0 Å². The Morgan fingerprint density at radius 1 is 0.482 bits per heavy atom. The predicted molar refractivity (Wildman–Crippen MR) is 238 cm³/mol. The molecule has 8 aromatic rings. The van der Waals surface area contributed by atoms with E-state index in [1.165, 1.54) is 72.4 Å². The Balaban J connectivity index is 0.997. The molecular formula is C54H46N2. The predicted octanol–water partition coefficient (Wildman–Crippen LogP) is 14.5. The number of aryl methyl sites for hydroxylation is 1. The van der Waals surface area contributed by atoms with Gasteiger partial charge in [0.05, 0.1) is 8.26 Å². The van der Waals surface area contributed by atoms with Gasteiger partial charge in [-0.2, -0.15) is 0 Å². The molecule has 0 bridgehead atoms. The fourth-order valence-corrected chi connectivity index (χ4v) is 9.48. The second-order valence-corrected chi connectivity index (χ2v) is 16.5. The summed E-state index contributed by atoms with van der Waals surface area (Å²) in [5.41, 5.74) is 19.4. The quantitative estimate of drug-likeness (QED) is 0.155. The molecule has 0 N–H and O–H groups in total. The van der Waals surface area contributed by atoms with Gasteiger partial charge in [0.15, 0.2) is 0 Å². The minimum absolute atomic E-state index is 0.113. The van der Waals surface area contributed by atoms with Crippen LogP contribution in [0.25, 0.3) is 50.9 Å². The highest BCUT2D eigenvalue weighted by molar-refractivity contribution is 5.96. The van der Waals surface area contributed by atoms with Crippen molar-refractivity contribution in [3.8, 4) is 27.9 Å². The molecule has 7 aromatic carbocycles. The van der Waals surface area contributed by atoms with E-state index in [1.54, 1.807) is 0 Å². The first-order chi connectivity index (χ1) is 27.9. The normalized spacial score (nSPS) is 15.3. The van der Waals surface area contributed by atoms with E-state index in [0.29, 0.717) is 5.56 Å². The number of para-hydroxylation sites is 2. The first kappa shape index (κ1) is 31.9. The van der Waals surface area contributed by atoms with E-state index in [-0.39, 0.29) is 22.9 Å². The Morgan fingerprint density at radius 3 is 1.79 bits per heavy atom. The highest BCUT2D eigenvalue weighted by atomic mass is 15.1. The molecule has 0 spiro atoms. The van der Waals surface area contributed by atoms with Gasteiger partial charge in [-0.1, -0.05) is 137 Å². The minimum Gasteiger partial charge on any atom is -0.314 e. The molecule has 0 unspecified atom stereocenters. The van der Waals surface area contributed by atoms with Crippen molar-refractivity contribution in [3.63, 3.8) is 0 Å². The standard InChI is InChI=1S/C54H46N2/c1-35-36(2)55(39-15-9-7-10-16-39)52-34-51-47(33-46(35)52)45-29-25-38(31-49(45)54(51,5)6)22-21-37-23-26-41(27-24-37)56(40-17-11-8-12-18-40)42-28-30-44-43-19-13-14-20-48(43)53(3,4)50(44)32-42/h7-34H,1-6H3/b22-21+/i21D,22D. The number of rotatable bonds is 6. The second-order valence-electron chi connectivity index (χ2n) is 16.5. The van der Waals surface area contributed by atoms with Gasteiger partial charge in [-0.15, -0.1) is 0 Å². The summed E-state index contributed by atoms with van der Waals surface area (Å²) < 4.78 is 21.0. The number of hydrogen-bond acceptors (Lipinski definition) is 1. The van der Waals surface area contributed by atoms with Crippen LogP contribution in [0.4, 0.5) is 17.1 Å². The molecule has 0 atom stereocenters. The largest absolute Gasteiger partial charge is 0.314 e. The Hall–Kier alpha value is -6.38. The molecule has 2 nitrogen and oxygen atoms in total. The zero-order valence-electron chi connectivity index (χ0n) is 34.9. The summed E-state index contributed by atoms with van der Waals surface area (Å²) in [7, 11) is 0. The molecule has 1 heterocycles. The van der Waals surface area contributed by atoms with Crippen LogP contribution in [0.1, 0.15) is 75.1 Å². The maximum absolute atomic E-state index is 9.33. The number of nitrogens with zero attached hydrogens (tertiary/aromatic N) is 2. The maximum atomic E-state index is 9.33. The lowest BCUT2D eigenvalue weighted by atomic mass is 9.81. The average molecular weight is 725 g/mol. The number of fused-ring (bicyclic) bond motifs is 7. The van der Waals surface area contributed by atoms with Crippen LogP contribution >= 0.6 is 0 Å². The van der Waals surface area contributed by atoms with Crippen LogP contribution in [0.5, 0.6) is 0 Å². The molecule has 2 aliphatic rings. The molecule has 10 rings (SSSR count). The van der Waals surface area contributed by atoms with E-state index >= 15 is 0 Å². The molecule has 0 radical (unpaired) electrons. The Morgan fingerprint density at radius 2 is 1.02 bits per heavy atom. The average Bonchev–Trinajstić information content (AvgIpc) is 3.74. The minimum atomic E-state index is -0.275. The first-order valence-corrected chi connectivity index (χ1v) is 19.7. The third-order valence-electron chi connectivity index (χ3n) is 12.6. The Bertz CT molecular complexity index is 2970. The van der Waals surface area contributed by atoms with E-state index in [1.807, 2.05) is 24.3 Å². The van der Waals surface area contributed by atoms with Gasteiger partial charge in [-0.05, 0) is 136 Å². The fourth-order valence-electron chi connectivity index (χ4n) is 9.48. The van der Waals surface area contributed by atoms with Gasteiger partial charge in [-0.3, -0.25) is 0 Å². The van der Waals surface area contributed by atoms with Crippen molar-refractivity contribution >= 4 is 40.1 Å². The first-order valence-electron chi connectivity index (χ1n) is 20.7.